The van der Waals surface area contributed by atoms with E-state index in [4.69, 9.17) is 9.84 Å². The number of ether oxygens (including phenoxy) is 1. The maximum Gasteiger partial charge on any atom is 0.407 e. The van der Waals surface area contributed by atoms with Gasteiger partial charge in [0.25, 0.3) is 0 Å². The maximum absolute atomic E-state index is 12.3. The van der Waals surface area contributed by atoms with Gasteiger partial charge in [-0.3, -0.25) is 4.79 Å². The Hall–Kier alpha value is -2.82. The molecule has 2 N–H and O–H groups in total. The zero-order valence-electron chi connectivity index (χ0n) is 15.6. The Labute approximate surface area is 159 Å². The zero-order chi connectivity index (χ0) is 19.4. The molecule has 0 radical (unpaired) electrons. The summed E-state index contributed by atoms with van der Waals surface area (Å²) in [5.41, 5.74) is 4.64. The number of alkyl carbamates (subject to hydrolysis) is 1. The van der Waals surface area contributed by atoms with Crippen molar-refractivity contribution in [2.45, 2.75) is 38.6 Å². The van der Waals surface area contributed by atoms with E-state index in [-0.39, 0.29) is 24.9 Å². The minimum atomic E-state index is -0.931. The molecular formula is C22H25NO4. The van der Waals surface area contributed by atoms with Gasteiger partial charge in [0.2, 0.25) is 0 Å². The topological polar surface area (TPSA) is 75.6 Å². The van der Waals surface area contributed by atoms with Gasteiger partial charge < -0.3 is 15.2 Å². The third kappa shape index (κ3) is 4.13. The number of hydrogen-bond donors (Lipinski definition) is 2. The first-order valence-electron chi connectivity index (χ1n) is 9.34. The van der Waals surface area contributed by atoms with Crippen molar-refractivity contribution in [1.82, 2.24) is 5.32 Å². The molecule has 27 heavy (non-hydrogen) atoms. The Bertz CT molecular complexity index is 787. The summed E-state index contributed by atoms with van der Waals surface area (Å²) in [5.74, 6) is -0.884. The van der Waals surface area contributed by atoms with E-state index in [1.54, 1.807) is 0 Å². The monoisotopic (exact) mass is 367 g/mol. The lowest BCUT2D eigenvalue weighted by molar-refractivity contribution is -0.137. The van der Waals surface area contributed by atoms with Crippen molar-refractivity contribution in [1.29, 1.82) is 0 Å². The van der Waals surface area contributed by atoms with E-state index in [0.29, 0.717) is 0 Å². The van der Waals surface area contributed by atoms with Gasteiger partial charge in [0, 0.05) is 12.0 Å². The van der Waals surface area contributed by atoms with E-state index < -0.39 is 18.1 Å². The van der Waals surface area contributed by atoms with E-state index in [9.17, 15) is 9.59 Å². The second-order valence-corrected chi connectivity index (χ2v) is 7.06. The molecule has 0 saturated carbocycles. The number of hydrogen-bond acceptors (Lipinski definition) is 3. The summed E-state index contributed by atoms with van der Waals surface area (Å²) >= 11 is 0. The summed E-state index contributed by atoms with van der Waals surface area (Å²) in [6.45, 7) is 4.12. The third-order valence-corrected chi connectivity index (χ3v) is 5.37. The van der Waals surface area contributed by atoms with Gasteiger partial charge in [0.05, 0.1) is 6.42 Å². The molecule has 0 heterocycles. The van der Waals surface area contributed by atoms with Gasteiger partial charge in [-0.2, -0.15) is 0 Å². The summed E-state index contributed by atoms with van der Waals surface area (Å²) < 4.78 is 5.50. The van der Waals surface area contributed by atoms with Crippen LogP contribution in [0.2, 0.25) is 0 Å². The lowest BCUT2D eigenvalue weighted by Crippen LogP contribution is -2.41. The van der Waals surface area contributed by atoms with Gasteiger partial charge in [0.15, 0.2) is 0 Å². The Morgan fingerprint density at radius 1 is 1.07 bits per heavy atom. The quantitative estimate of drug-likeness (QED) is 0.760. The van der Waals surface area contributed by atoms with Crippen molar-refractivity contribution < 1.29 is 19.4 Å². The van der Waals surface area contributed by atoms with E-state index in [2.05, 4.69) is 29.6 Å². The van der Waals surface area contributed by atoms with Gasteiger partial charge in [-0.1, -0.05) is 68.8 Å². The van der Waals surface area contributed by atoms with Gasteiger partial charge in [-0.15, -0.1) is 0 Å². The van der Waals surface area contributed by atoms with Crippen molar-refractivity contribution in [3.05, 3.63) is 59.7 Å². The summed E-state index contributed by atoms with van der Waals surface area (Å²) in [5, 5.41) is 11.8. The van der Waals surface area contributed by atoms with Crippen LogP contribution in [0.5, 0.6) is 0 Å². The summed E-state index contributed by atoms with van der Waals surface area (Å²) in [4.78, 5) is 23.4. The Balaban J connectivity index is 1.69. The van der Waals surface area contributed by atoms with Crippen LogP contribution in [0.1, 0.15) is 43.7 Å². The number of carbonyl (C=O) groups excluding carboxylic acids is 1. The van der Waals surface area contributed by atoms with Crippen LogP contribution < -0.4 is 5.32 Å². The van der Waals surface area contributed by atoms with E-state index in [1.165, 1.54) is 11.1 Å². The molecule has 1 aliphatic carbocycles. The molecule has 0 saturated heterocycles. The molecule has 2 aromatic rings. The Kier molecular flexibility index (Phi) is 5.79. The standard InChI is InChI=1S/C22H25NO4/c1-3-14(2)20(12-21(24)25)23-22(26)27-13-19-17-10-6-4-8-15(17)16-9-5-7-11-18(16)19/h4-11,14,19-20H,3,12-13H2,1-2H3,(H,23,26)(H,24,25)/t14-,20+/m1/s1. The van der Waals surface area contributed by atoms with Crippen molar-refractivity contribution in [2.24, 2.45) is 5.92 Å². The van der Waals surface area contributed by atoms with Crippen LogP contribution in [0.25, 0.3) is 11.1 Å². The normalized spacial score (nSPS) is 14.7. The second-order valence-electron chi connectivity index (χ2n) is 7.06. The first-order valence-corrected chi connectivity index (χ1v) is 9.34. The van der Waals surface area contributed by atoms with Crippen LogP contribution in [0, 0.1) is 5.92 Å². The van der Waals surface area contributed by atoms with Crippen LogP contribution >= 0.6 is 0 Å². The highest BCUT2D eigenvalue weighted by Crippen LogP contribution is 2.44. The maximum atomic E-state index is 12.3. The van der Waals surface area contributed by atoms with Gasteiger partial charge in [0.1, 0.15) is 6.61 Å². The fourth-order valence-corrected chi connectivity index (χ4v) is 3.66. The van der Waals surface area contributed by atoms with Gasteiger partial charge in [-0.25, -0.2) is 4.79 Å². The molecule has 0 spiro atoms. The highest BCUT2D eigenvalue weighted by Gasteiger charge is 2.29. The average Bonchev–Trinajstić information content (AvgIpc) is 2.99. The number of carboxylic acid groups (broad SMARTS) is 1. The first kappa shape index (κ1) is 19.0. The SMILES string of the molecule is CC[C@@H](C)[C@H](CC(=O)O)NC(=O)OCC1c2ccccc2-c2ccccc21. The average molecular weight is 367 g/mol. The molecule has 5 nitrogen and oxygen atoms in total. The number of carboxylic acids is 1. The smallest absolute Gasteiger partial charge is 0.407 e. The Morgan fingerprint density at radius 2 is 1.63 bits per heavy atom. The minimum absolute atomic E-state index is 0.00956. The Morgan fingerprint density at radius 3 is 2.15 bits per heavy atom. The van der Waals surface area contributed by atoms with Crippen LogP contribution in [-0.2, 0) is 9.53 Å². The number of fused-ring (bicyclic) bond motifs is 3. The number of rotatable bonds is 7. The lowest BCUT2D eigenvalue weighted by Gasteiger charge is -2.23. The van der Waals surface area contributed by atoms with Crippen molar-refractivity contribution in [3.8, 4) is 11.1 Å². The summed E-state index contributed by atoms with van der Waals surface area (Å²) in [6, 6.07) is 15.8. The van der Waals surface area contributed by atoms with Crippen LogP contribution in [0.15, 0.2) is 48.5 Å². The predicted octanol–water partition coefficient (Wildman–Crippen LogP) is 4.41. The largest absolute Gasteiger partial charge is 0.481 e. The molecule has 0 aromatic heterocycles. The molecule has 0 unspecified atom stereocenters. The fraction of sp³-hybridized carbons (Fsp3) is 0.364. The van der Waals surface area contributed by atoms with Crippen molar-refractivity contribution >= 4 is 12.1 Å². The van der Waals surface area contributed by atoms with E-state index in [1.807, 2.05) is 38.1 Å². The molecule has 0 fully saturated rings. The molecule has 1 aliphatic rings. The fourth-order valence-electron chi connectivity index (χ4n) is 3.66. The molecule has 0 aliphatic heterocycles. The van der Waals surface area contributed by atoms with Crippen LogP contribution in [0.4, 0.5) is 4.79 Å². The van der Waals surface area contributed by atoms with Crippen LogP contribution in [0.3, 0.4) is 0 Å². The number of nitrogens with one attached hydrogen (secondary N) is 1. The van der Waals surface area contributed by atoms with Crippen molar-refractivity contribution in [2.75, 3.05) is 6.61 Å². The van der Waals surface area contributed by atoms with E-state index in [0.717, 1.165) is 17.5 Å². The molecule has 1 amide bonds. The molecule has 5 heteroatoms. The highest BCUT2D eigenvalue weighted by molar-refractivity contribution is 5.79. The number of carbonyl (C=O) groups is 2. The van der Waals surface area contributed by atoms with Crippen molar-refractivity contribution in [3.63, 3.8) is 0 Å². The molecule has 142 valence electrons. The summed E-state index contributed by atoms with van der Waals surface area (Å²) in [7, 11) is 0. The summed E-state index contributed by atoms with van der Waals surface area (Å²) in [6.07, 6.45) is 0.101. The number of amides is 1. The highest BCUT2D eigenvalue weighted by atomic mass is 16.5. The second kappa shape index (κ2) is 8.25. The first-order chi connectivity index (χ1) is 13.0. The van der Waals surface area contributed by atoms with E-state index >= 15 is 0 Å². The van der Waals surface area contributed by atoms with Gasteiger partial charge in [-0.05, 0) is 28.2 Å². The number of aliphatic carboxylic acids is 1. The molecule has 2 atom stereocenters. The molecule has 0 bridgehead atoms. The zero-order valence-corrected chi connectivity index (χ0v) is 15.6. The minimum Gasteiger partial charge on any atom is -0.481 e. The van der Waals surface area contributed by atoms with Crippen LogP contribution in [-0.4, -0.2) is 29.8 Å². The third-order valence-electron chi connectivity index (χ3n) is 5.37. The molecule has 2 aromatic carbocycles. The van der Waals surface area contributed by atoms with Gasteiger partial charge >= 0.3 is 12.1 Å². The predicted molar refractivity (Wildman–Crippen MR) is 104 cm³/mol. The molecule has 3 rings (SSSR count). The number of benzene rings is 2. The lowest BCUT2D eigenvalue weighted by atomic mass is 9.96. The molecular weight excluding hydrogens is 342 g/mol.